The lowest BCUT2D eigenvalue weighted by molar-refractivity contribution is 0.0415. The highest BCUT2D eigenvalue weighted by molar-refractivity contribution is 6.31. The van der Waals surface area contributed by atoms with Crippen LogP contribution in [0.2, 0.25) is 5.02 Å². The lowest BCUT2D eigenvalue weighted by atomic mass is 10.1. The third-order valence-electron chi connectivity index (χ3n) is 4.23. The first kappa shape index (κ1) is 16.1. The second-order valence-corrected chi connectivity index (χ2v) is 6.23. The van der Waals surface area contributed by atoms with Crippen LogP contribution in [0.5, 0.6) is 0 Å². The molecule has 1 aromatic carbocycles. The quantitative estimate of drug-likeness (QED) is 0.932. The zero-order chi connectivity index (χ0) is 15.6. The number of hydrogen-bond acceptors (Lipinski definition) is 3. The summed E-state index contributed by atoms with van der Waals surface area (Å²) < 4.78 is 0. The maximum absolute atomic E-state index is 12.9. The molecule has 21 heavy (non-hydrogen) atoms. The molecule has 1 N–H and O–H groups in total. The number of anilines is 1. The zero-order valence-corrected chi connectivity index (χ0v) is 13.9. The van der Waals surface area contributed by atoms with E-state index >= 15 is 0 Å². The van der Waals surface area contributed by atoms with Crippen molar-refractivity contribution in [3.63, 3.8) is 0 Å². The van der Waals surface area contributed by atoms with Crippen molar-refractivity contribution in [1.29, 1.82) is 0 Å². The Kier molecular flexibility index (Phi) is 5.12. The number of nitrogens with one attached hydrogen (secondary N) is 1. The first-order valence-electron chi connectivity index (χ1n) is 7.48. The number of rotatable bonds is 3. The van der Waals surface area contributed by atoms with Gasteiger partial charge in [-0.1, -0.05) is 11.6 Å². The largest absolute Gasteiger partial charge is 0.385 e. The van der Waals surface area contributed by atoms with Gasteiger partial charge in [-0.2, -0.15) is 0 Å². The molecule has 5 heteroatoms. The van der Waals surface area contributed by atoms with E-state index in [1.165, 1.54) is 0 Å². The summed E-state index contributed by atoms with van der Waals surface area (Å²) in [5.74, 6) is 0.0558. The molecule has 0 saturated carbocycles. The van der Waals surface area contributed by atoms with Gasteiger partial charge in [-0.3, -0.25) is 9.69 Å². The molecule has 2 atom stereocenters. The summed E-state index contributed by atoms with van der Waals surface area (Å²) in [6.45, 7) is 8.59. The predicted octanol–water partition coefficient (Wildman–Crippen LogP) is 2.94. The Morgan fingerprint density at radius 3 is 2.52 bits per heavy atom. The minimum Gasteiger partial charge on any atom is -0.385 e. The van der Waals surface area contributed by atoms with Crippen molar-refractivity contribution < 1.29 is 4.79 Å². The molecule has 1 aliphatic rings. The second-order valence-electron chi connectivity index (χ2n) is 5.79. The minimum absolute atomic E-state index is 0.0558. The molecular weight excluding hydrogens is 286 g/mol. The Morgan fingerprint density at radius 1 is 1.33 bits per heavy atom. The summed E-state index contributed by atoms with van der Waals surface area (Å²) in [4.78, 5) is 17.1. The Hall–Kier alpha value is -1.26. The van der Waals surface area contributed by atoms with Gasteiger partial charge < -0.3 is 10.2 Å². The number of carbonyl (C=O) groups excluding carboxylic acids is 1. The van der Waals surface area contributed by atoms with Crippen LogP contribution >= 0.6 is 11.6 Å². The topological polar surface area (TPSA) is 35.6 Å². The molecule has 0 aliphatic carbocycles. The van der Waals surface area contributed by atoms with Gasteiger partial charge in [0.1, 0.15) is 0 Å². The van der Waals surface area contributed by atoms with Crippen LogP contribution in [0.3, 0.4) is 0 Å². The van der Waals surface area contributed by atoms with Crippen LogP contribution in [0.25, 0.3) is 0 Å². The molecule has 0 radical (unpaired) electrons. The number of nitrogens with zero attached hydrogens (tertiary/aromatic N) is 2. The van der Waals surface area contributed by atoms with Crippen molar-refractivity contribution in [3.8, 4) is 0 Å². The van der Waals surface area contributed by atoms with E-state index in [9.17, 15) is 4.79 Å². The van der Waals surface area contributed by atoms with Gasteiger partial charge in [-0.25, -0.2) is 0 Å². The number of halogens is 1. The molecule has 1 aliphatic heterocycles. The lowest BCUT2D eigenvalue weighted by Crippen LogP contribution is -2.56. The number of amides is 1. The van der Waals surface area contributed by atoms with Crippen molar-refractivity contribution >= 4 is 23.2 Å². The van der Waals surface area contributed by atoms with E-state index in [4.69, 9.17) is 11.6 Å². The van der Waals surface area contributed by atoms with Gasteiger partial charge in [0, 0.05) is 42.4 Å². The Bertz CT molecular complexity index is 508. The smallest absolute Gasteiger partial charge is 0.256 e. The summed E-state index contributed by atoms with van der Waals surface area (Å²) in [5.41, 5.74) is 1.51. The van der Waals surface area contributed by atoms with Crippen molar-refractivity contribution in [2.45, 2.75) is 32.9 Å². The van der Waals surface area contributed by atoms with Crippen molar-refractivity contribution in [1.82, 2.24) is 9.80 Å². The van der Waals surface area contributed by atoms with E-state index in [1.54, 1.807) is 6.07 Å². The molecule has 2 rings (SSSR count). The summed E-state index contributed by atoms with van der Waals surface area (Å²) >= 11 is 6.07. The molecule has 0 spiro atoms. The predicted molar refractivity (Wildman–Crippen MR) is 88.2 cm³/mol. The average Bonchev–Trinajstić information content (AvgIpc) is 2.45. The molecular formula is C16H24ClN3O. The Labute approximate surface area is 132 Å². The molecule has 1 saturated heterocycles. The van der Waals surface area contributed by atoms with Gasteiger partial charge in [0.15, 0.2) is 0 Å². The zero-order valence-electron chi connectivity index (χ0n) is 13.2. The number of likely N-dealkylation sites (N-methyl/N-ethyl adjacent to an activating group) is 1. The van der Waals surface area contributed by atoms with E-state index in [2.05, 4.69) is 31.1 Å². The fraction of sp³-hybridized carbons (Fsp3) is 0.562. The number of piperazine rings is 1. The van der Waals surface area contributed by atoms with Crippen LogP contribution < -0.4 is 5.32 Å². The first-order chi connectivity index (χ1) is 9.93. The normalized spacial score (nSPS) is 23.2. The second kappa shape index (κ2) is 6.67. The van der Waals surface area contributed by atoms with E-state index in [-0.39, 0.29) is 5.91 Å². The van der Waals surface area contributed by atoms with Gasteiger partial charge in [-0.15, -0.1) is 0 Å². The maximum Gasteiger partial charge on any atom is 0.256 e. The van der Waals surface area contributed by atoms with E-state index in [0.29, 0.717) is 22.7 Å². The first-order valence-corrected chi connectivity index (χ1v) is 7.86. The van der Waals surface area contributed by atoms with Gasteiger partial charge in [-0.05, 0) is 46.0 Å². The lowest BCUT2D eigenvalue weighted by Gasteiger charge is -2.42. The van der Waals surface area contributed by atoms with Crippen LogP contribution in [0.4, 0.5) is 5.69 Å². The monoisotopic (exact) mass is 309 g/mol. The highest BCUT2D eigenvalue weighted by Gasteiger charge is 2.30. The summed E-state index contributed by atoms with van der Waals surface area (Å²) in [6.07, 6.45) is 0. The van der Waals surface area contributed by atoms with Crippen LogP contribution in [0, 0.1) is 0 Å². The summed E-state index contributed by atoms with van der Waals surface area (Å²) in [5, 5.41) is 3.83. The van der Waals surface area contributed by atoms with Crippen molar-refractivity contribution in [3.05, 3.63) is 28.8 Å². The van der Waals surface area contributed by atoms with Crippen LogP contribution in [-0.4, -0.2) is 54.5 Å². The fourth-order valence-electron chi connectivity index (χ4n) is 2.78. The summed E-state index contributed by atoms with van der Waals surface area (Å²) in [7, 11) is 2.11. The third-order valence-corrected chi connectivity index (χ3v) is 4.46. The van der Waals surface area contributed by atoms with E-state index in [1.807, 2.05) is 24.0 Å². The van der Waals surface area contributed by atoms with Gasteiger partial charge >= 0.3 is 0 Å². The molecule has 0 bridgehead atoms. The van der Waals surface area contributed by atoms with Crippen LogP contribution in [0.1, 0.15) is 31.1 Å². The van der Waals surface area contributed by atoms with Gasteiger partial charge in [0.05, 0.1) is 5.56 Å². The standard InChI is InChI=1S/C16H24ClN3O/c1-5-18-15-7-6-13(17)8-14(15)16(21)20-9-11(2)19(4)12(3)10-20/h6-8,11-12,18H,5,9-10H2,1-4H3. The molecule has 116 valence electrons. The molecule has 0 aromatic heterocycles. The van der Waals surface area contributed by atoms with Gasteiger partial charge in [0.2, 0.25) is 0 Å². The van der Waals surface area contributed by atoms with Crippen LogP contribution in [0.15, 0.2) is 18.2 Å². The highest BCUT2D eigenvalue weighted by atomic mass is 35.5. The fourth-order valence-corrected chi connectivity index (χ4v) is 2.95. The molecule has 2 unspecified atom stereocenters. The third kappa shape index (κ3) is 3.50. The molecule has 1 aromatic rings. The molecule has 4 nitrogen and oxygen atoms in total. The maximum atomic E-state index is 12.9. The Morgan fingerprint density at radius 2 is 1.95 bits per heavy atom. The molecule has 1 amide bonds. The minimum atomic E-state index is 0.0558. The van der Waals surface area contributed by atoms with Crippen molar-refractivity contribution in [2.24, 2.45) is 0 Å². The highest BCUT2D eigenvalue weighted by Crippen LogP contribution is 2.24. The van der Waals surface area contributed by atoms with E-state index in [0.717, 1.165) is 25.3 Å². The number of hydrogen-bond donors (Lipinski definition) is 1. The average molecular weight is 310 g/mol. The van der Waals surface area contributed by atoms with Gasteiger partial charge in [0.25, 0.3) is 5.91 Å². The number of benzene rings is 1. The Balaban J connectivity index is 2.25. The SMILES string of the molecule is CCNc1ccc(Cl)cc1C(=O)N1CC(C)N(C)C(C)C1. The van der Waals surface area contributed by atoms with E-state index < -0.39 is 0 Å². The van der Waals surface area contributed by atoms with Crippen molar-refractivity contribution in [2.75, 3.05) is 32.0 Å². The summed E-state index contributed by atoms with van der Waals surface area (Å²) in [6, 6.07) is 6.17. The molecule has 1 fully saturated rings. The van der Waals surface area contributed by atoms with Crippen LogP contribution in [-0.2, 0) is 0 Å². The number of carbonyl (C=O) groups is 1. The molecule has 1 heterocycles.